The third-order valence-electron chi connectivity index (χ3n) is 2.24. The van der Waals surface area contributed by atoms with Gasteiger partial charge in [-0.2, -0.15) is 11.8 Å². The summed E-state index contributed by atoms with van der Waals surface area (Å²) in [5, 5.41) is 2.91. The molecule has 0 aliphatic heterocycles. The number of carbonyl (C=O) groups is 1. The van der Waals surface area contributed by atoms with Crippen molar-refractivity contribution in [1.82, 2.24) is 5.32 Å². The molecule has 0 bridgehead atoms. The average molecular weight is 232 g/mol. The third-order valence-corrected chi connectivity index (χ3v) is 2.85. The van der Waals surface area contributed by atoms with Gasteiger partial charge >= 0.3 is 0 Å². The molecule has 0 heterocycles. The summed E-state index contributed by atoms with van der Waals surface area (Å²) in [5.41, 5.74) is 5.64. The van der Waals surface area contributed by atoms with Crippen LogP contribution in [-0.2, 0) is 4.79 Å². The number of carbonyl (C=O) groups excluding carboxylic acids is 1. The number of nitrogens with two attached hydrogens (primary N) is 1. The Balaban J connectivity index is 3.70. The fraction of sp³-hybridized carbons (Fsp3) is 0.909. The van der Waals surface area contributed by atoms with Crippen LogP contribution >= 0.6 is 11.8 Å². The summed E-state index contributed by atoms with van der Waals surface area (Å²) in [6.45, 7) is 5.69. The largest absolute Gasteiger partial charge is 0.355 e. The van der Waals surface area contributed by atoms with Gasteiger partial charge in [-0.1, -0.05) is 13.8 Å². The van der Waals surface area contributed by atoms with Gasteiger partial charge in [-0.15, -0.1) is 0 Å². The molecule has 4 heteroatoms. The lowest BCUT2D eigenvalue weighted by atomic mass is 9.94. The van der Waals surface area contributed by atoms with Crippen molar-refractivity contribution >= 4 is 17.7 Å². The summed E-state index contributed by atoms with van der Waals surface area (Å²) >= 11 is 1.74. The van der Waals surface area contributed by atoms with E-state index in [-0.39, 0.29) is 5.91 Å². The number of hydrogen-bond donors (Lipinski definition) is 2. The van der Waals surface area contributed by atoms with Gasteiger partial charge in [0, 0.05) is 18.7 Å². The van der Waals surface area contributed by atoms with Crippen LogP contribution < -0.4 is 11.1 Å². The van der Waals surface area contributed by atoms with Crippen LogP contribution in [0.4, 0.5) is 0 Å². The number of rotatable bonds is 8. The van der Waals surface area contributed by atoms with Crippen LogP contribution in [0.15, 0.2) is 0 Å². The van der Waals surface area contributed by atoms with Crippen LogP contribution in [0.5, 0.6) is 0 Å². The molecule has 0 unspecified atom stereocenters. The second kappa shape index (κ2) is 9.04. The molecule has 0 radical (unpaired) electrons. The summed E-state index contributed by atoms with van der Waals surface area (Å²) in [6, 6.07) is 0. The minimum Gasteiger partial charge on any atom is -0.355 e. The van der Waals surface area contributed by atoms with Crippen molar-refractivity contribution in [3.63, 3.8) is 0 Å². The summed E-state index contributed by atoms with van der Waals surface area (Å²) in [7, 11) is 0. The maximum Gasteiger partial charge on any atom is 0.220 e. The van der Waals surface area contributed by atoms with E-state index in [9.17, 15) is 4.79 Å². The van der Waals surface area contributed by atoms with Crippen LogP contribution in [0, 0.1) is 11.8 Å². The lowest BCUT2D eigenvalue weighted by Crippen LogP contribution is -2.30. The van der Waals surface area contributed by atoms with Crippen molar-refractivity contribution < 1.29 is 4.79 Å². The smallest absolute Gasteiger partial charge is 0.220 e. The van der Waals surface area contributed by atoms with Crippen molar-refractivity contribution in [3.8, 4) is 0 Å². The van der Waals surface area contributed by atoms with Gasteiger partial charge in [-0.3, -0.25) is 4.79 Å². The molecular formula is C11H24N2OS. The van der Waals surface area contributed by atoms with E-state index in [4.69, 9.17) is 5.73 Å². The Morgan fingerprint density at radius 1 is 1.47 bits per heavy atom. The highest BCUT2D eigenvalue weighted by molar-refractivity contribution is 7.98. The summed E-state index contributed by atoms with van der Waals surface area (Å²) in [6.07, 6.45) is 3.64. The maximum absolute atomic E-state index is 11.5. The van der Waals surface area contributed by atoms with Crippen molar-refractivity contribution in [1.29, 1.82) is 0 Å². The Bertz CT molecular complexity index is 174. The van der Waals surface area contributed by atoms with Gasteiger partial charge in [0.25, 0.3) is 0 Å². The quantitative estimate of drug-likeness (QED) is 0.623. The number of nitrogens with one attached hydrogen (secondary N) is 1. The fourth-order valence-electron chi connectivity index (χ4n) is 1.56. The predicted molar refractivity (Wildman–Crippen MR) is 68.0 cm³/mol. The van der Waals surface area contributed by atoms with Crippen LogP contribution in [0.2, 0.25) is 0 Å². The number of amides is 1. The molecular weight excluding hydrogens is 208 g/mol. The van der Waals surface area contributed by atoms with E-state index >= 15 is 0 Å². The molecule has 90 valence electrons. The van der Waals surface area contributed by atoms with Gasteiger partial charge in [0.2, 0.25) is 5.91 Å². The summed E-state index contributed by atoms with van der Waals surface area (Å²) in [4.78, 5) is 11.5. The molecule has 0 aliphatic rings. The first kappa shape index (κ1) is 14.8. The Labute approximate surface area is 97.6 Å². The molecule has 0 aliphatic carbocycles. The van der Waals surface area contributed by atoms with Crippen molar-refractivity contribution in [2.24, 2.45) is 17.6 Å². The molecule has 0 spiro atoms. The Morgan fingerprint density at radius 3 is 2.60 bits per heavy atom. The molecule has 0 fully saturated rings. The highest BCUT2D eigenvalue weighted by Gasteiger charge is 2.13. The molecule has 0 aromatic rings. The lowest BCUT2D eigenvalue weighted by molar-refractivity contribution is -0.121. The van der Waals surface area contributed by atoms with Crippen LogP contribution in [0.3, 0.4) is 0 Å². The van der Waals surface area contributed by atoms with Crippen LogP contribution in [-0.4, -0.2) is 31.0 Å². The van der Waals surface area contributed by atoms with Gasteiger partial charge in [0.15, 0.2) is 0 Å². The topological polar surface area (TPSA) is 55.1 Å². The molecule has 1 amide bonds. The zero-order chi connectivity index (χ0) is 11.7. The summed E-state index contributed by atoms with van der Waals surface area (Å²) < 4.78 is 0. The zero-order valence-electron chi connectivity index (χ0n) is 10.1. The van der Waals surface area contributed by atoms with E-state index in [0.29, 0.717) is 24.8 Å². The van der Waals surface area contributed by atoms with E-state index in [2.05, 4.69) is 19.2 Å². The minimum absolute atomic E-state index is 0.139. The highest BCUT2D eigenvalue weighted by Crippen LogP contribution is 2.13. The highest BCUT2D eigenvalue weighted by atomic mass is 32.2. The summed E-state index contributed by atoms with van der Waals surface area (Å²) in [5.74, 6) is 2.06. The SMILES string of the molecule is CSCCNC(=O)C[C@@H](CN)CC(C)C. The molecule has 0 saturated carbocycles. The third kappa shape index (κ3) is 8.75. The van der Waals surface area contributed by atoms with Gasteiger partial charge in [0.05, 0.1) is 0 Å². The number of hydrogen-bond acceptors (Lipinski definition) is 3. The van der Waals surface area contributed by atoms with E-state index in [1.165, 1.54) is 0 Å². The predicted octanol–water partition coefficient (Wildman–Crippen LogP) is 1.48. The second-order valence-electron chi connectivity index (χ2n) is 4.28. The lowest BCUT2D eigenvalue weighted by Gasteiger charge is -2.16. The van der Waals surface area contributed by atoms with Gasteiger partial charge in [-0.05, 0) is 31.1 Å². The molecule has 0 aromatic carbocycles. The zero-order valence-corrected chi connectivity index (χ0v) is 10.9. The average Bonchev–Trinajstić information content (AvgIpc) is 2.16. The van der Waals surface area contributed by atoms with E-state index in [1.54, 1.807) is 11.8 Å². The first-order chi connectivity index (χ1) is 7.10. The molecule has 3 N–H and O–H groups in total. The Kier molecular flexibility index (Phi) is 8.91. The fourth-order valence-corrected chi connectivity index (χ4v) is 1.86. The van der Waals surface area contributed by atoms with E-state index in [1.807, 2.05) is 6.26 Å². The molecule has 15 heavy (non-hydrogen) atoms. The monoisotopic (exact) mass is 232 g/mol. The molecule has 3 nitrogen and oxygen atoms in total. The first-order valence-corrected chi connectivity index (χ1v) is 6.95. The molecule has 0 saturated heterocycles. The van der Waals surface area contributed by atoms with Crippen molar-refractivity contribution in [3.05, 3.63) is 0 Å². The van der Waals surface area contributed by atoms with Gasteiger partial charge < -0.3 is 11.1 Å². The maximum atomic E-state index is 11.5. The van der Waals surface area contributed by atoms with Gasteiger partial charge in [-0.25, -0.2) is 0 Å². The molecule has 0 aromatic heterocycles. The molecule has 1 atom stereocenters. The minimum atomic E-state index is 0.139. The van der Waals surface area contributed by atoms with Crippen LogP contribution in [0.25, 0.3) is 0 Å². The Morgan fingerprint density at radius 2 is 2.13 bits per heavy atom. The van der Waals surface area contributed by atoms with Crippen molar-refractivity contribution in [2.75, 3.05) is 25.1 Å². The standard InChI is InChI=1S/C11H24N2OS/c1-9(2)6-10(8-12)7-11(14)13-4-5-15-3/h9-10H,4-8,12H2,1-3H3,(H,13,14)/t10-/m0/s1. The Hall–Kier alpha value is -0.220. The second-order valence-corrected chi connectivity index (χ2v) is 5.26. The molecule has 0 rings (SSSR count). The number of thioether (sulfide) groups is 1. The van der Waals surface area contributed by atoms with E-state index in [0.717, 1.165) is 18.7 Å². The van der Waals surface area contributed by atoms with E-state index < -0.39 is 0 Å². The normalized spacial score (nSPS) is 12.9. The first-order valence-electron chi connectivity index (χ1n) is 5.55. The van der Waals surface area contributed by atoms with Crippen LogP contribution in [0.1, 0.15) is 26.7 Å². The van der Waals surface area contributed by atoms with Crippen molar-refractivity contribution in [2.45, 2.75) is 26.7 Å². The van der Waals surface area contributed by atoms with Gasteiger partial charge in [0.1, 0.15) is 0 Å².